The van der Waals surface area contributed by atoms with Gasteiger partial charge >= 0.3 is 11.9 Å². The van der Waals surface area contributed by atoms with Gasteiger partial charge in [0, 0.05) is 13.5 Å². The normalized spacial score (nSPS) is 9.58. The van der Waals surface area contributed by atoms with E-state index in [-0.39, 0.29) is 5.91 Å². The van der Waals surface area contributed by atoms with Crippen molar-refractivity contribution in [3.8, 4) is 0 Å². The molecule has 0 aliphatic rings. The molecule has 0 aromatic heterocycles. The van der Waals surface area contributed by atoms with E-state index in [4.69, 9.17) is 4.74 Å². The van der Waals surface area contributed by atoms with Gasteiger partial charge in [-0.25, -0.2) is 9.59 Å². The summed E-state index contributed by atoms with van der Waals surface area (Å²) < 4.78 is 9.09. The minimum Gasteiger partial charge on any atom is -0.466 e. The average molecular weight is 265 g/mol. The molecule has 1 N–H and O–H groups in total. The van der Waals surface area contributed by atoms with Crippen LogP contribution in [0.15, 0.2) is 24.3 Å². The van der Waals surface area contributed by atoms with Gasteiger partial charge in [0.1, 0.15) is 0 Å². The first kappa shape index (κ1) is 14.7. The molecular weight excluding hydrogens is 250 g/mol. The van der Waals surface area contributed by atoms with Crippen LogP contribution in [0.25, 0.3) is 0 Å². The molecule has 0 heterocycles. The van der Waals surface area contributed by atoms with Crippen molar-refractivity contribution in [3.05, 3.63) is 35.4 Å². The molecule has 1 amide bonds. The van der Waals surface area contributed by atoms with Crippen molar-refractivity contribution in [1.82, 2.24) is 5.32 Å². The number of rotatable bonds is 5. The smallest absolute Gasteiger partial charge is 0.344 e. The third-order valence-corrected chi connectivity index (χ3v) is 2.28. The first-order valence-corrected chi connectivity index (χ1v) is 5.60. The van der Waals surface area contributed by atoms with Crippen LogP contribution in [0, 0.1) is 0 Å². The number of amides is 1. The molecule has 0 bridgehead atoms. The summed E-state index contributed by atoms with van der Waals surface area (Å²) in [5.41, 5.74) is 1.19. The number of hydrogen-bond donors (Lipinski definition) is 1. The van der Waals surface area contributed by atoms with Gasteiger partial charge in [-0.2, -0.15) is 0 Å². The Hall–Kier alpha value is -2.37. The summed E-state index contributed by atoms with van der Waals surface area (Å²) in [6, 6.07) is 6.53. The zero-order chi connectivity index (χ0) is 14.3. The highest BCUT2D eigenvalue weighted by molar-refractivity contribution is 5.90. The highest BCUT2D eigenvalue weighted by Crippen LogP contribution is 2.06. The maximum absolute atomic E-state index is 11.5. The molecule has 6 heteroatoms. The Morgan fingerprint density at radius 3 is 2.32 bits per heavy atom. The van der Waals surface area contributed by atoms with Crippen LogP contribution in [-0.4, -0.2) is 31.6 Å². The van der Waals surface area contributed by atoms with Crippen molar-refractivity contribution >= 4 is 17.8 Å². The Morgan fingerprint density at radius 1 is 1.16 bits per heavy atom. The zero-order valence-corrected chi connectivity index (χ0v) is 10.8. The van der Waals surface area contributed by atoms with Crippen molar-refractivity contribution in [2.24, 2.45) is 0 Å². The Bertz CT molecular complexity index is 466. The standard InChI is InChI=1S/C13H15NO5/c1-9(15)14-7-10-3-5-11(6-4-10)13(17)19-8-12(16)18-2/h3-6H,7-8H2,1-2H3,(H,14,15). The number of hydrogen-bond acceptors (Lipinski definition) is 5. The van der Waals surface area contributed by atoms with Gasteiger partial charge < -0.3 is 14.8 Å². The topological polar surface area (TPSA) is 81.7 Å². The molecule has 1 aromatic carbocycles. The fourth-order valence-electron chi connectivity index (χ4n) is 1.25. The van der Waals surface area contributed by atoms with Crippen molar-refractivity contribution in [2.45, 2.75) is 13.5 Å². The highest BCUT2D eigenvalue weighted by Gasteiger charge is 2.09. The minimum absolute atomic E-state index is 0.124. The quantitative estimate of drug-likeness (QED) is 0.790. The molecule has 0 radical (unpaired) electrons. The summed E-state index contributed by atoms with van der Waals surface area (Å²) in [5, 5.41) is 2.64. The summed E-state index contributed by atoms with van der Waals surface area (Å²) in [7, 11) is 1.22. The summed E-state index contributed by atoms with van der Waals surface area (Å²) >= 11 is 0. The Kier molecular flexibility index (Phi) is 5.53. The first-order chi connectivity index (χ1) is 9.02. The number of carbonyl (C=O) groups is 3. The first-order valence-electron chi connectivity index (χ1n) is 5.60. The Morgan fingerprint density at radius 2 is 1.79 bits per heavy atom. The molecule has 0 aliphatic heterocycles. The van der Waals surface area contributed by atoms with Crippen molar-refractivity contribution < 1.29 is 23.9 Å². The summed E-state index contributed by atoms with van der Waals surface area (Å²) in [6.45, 7) is 1.41. The summed E-state index contributed by atoms with van der Waals surface area (Å²) in [6.07, 6.45) is 0. The fourth-order valence-corrected chi connectivity index (χ4v) is 1.25. The SMILES string of the molecule is COC(=O)COC(=O)c1ccc(CNC(C)=O)cc1. The lowest BCUT2D eigenvalue weighted by atomic mass is 10.1. The van der Waals surface area contributed by atoms with Gasteiger partial charge in [-0.1, -0.05) is 12.1 Å². The van der Waals surface area contributed by atoms with Crippen molar-refractivity contribution in [3.63, 3.8) is 0 Å². The van der Waals surface area contributed by atoms with Gasteiger partial charge in [-0.05, 0) is 17.7 Å². The fraction of sp³-hybridized carbons (Fsp3) is 0.308. The minimum atomic E-state index is -0.615. The van der Waals surface area contributed by atoms with E-state index in [1.165, 1.54) is 14.0 Å². The molecule has 1 rings (SSSR count). The van der Waals surface area contributed by atoms with Gasteiger partial charge in [-0.3, -0.25) is 4.79 Å². The largest absolute Gasteiger partial charge is 0.466 e. The molecule has 0 saturated heterocycles. The van der Waals surface area contributed by atoms with Gasteiger partial charge in [0.15, 0.2) is 6.61 Å². The zero-order valence-electron chi connectivity index (χ0n) is 10.8. The molecule has 0 saturated carbocycles. The molecule has 0 atom stereocenters. The maximum atomic E-state index is 11.5. The van der Waals surface area contributed by atoms with Crippen LogP contribution in [0.3, 0.4) is 0 Å². The molecule has 0 fully saturated rings. The van der Waals surface area contributed by atoms with E-state index < -0.39 is 18.5 Å². The number of methoxy groups -OCH3 is 1. The molecule has 0 aliphatic carbocycles. The lowest BCUT2D eigenvalue weighted by Gasteiger charge is -2.05. The van der Waals surface area contributed by atoms with E-state index in [9.17, 15) is 14.4 Å². The molecule has 6 nitrogen and oxygen atoms in total. The van der Waals surface area contributed by atoms with Gasteiger partial charge in [-0.15, -0.1) is 0 Å². The van der Waals surface area contributed by atoms with Crippen LogP contribution >= 0.6 is 0 Å². The predicted octanol–water partition coefficient (Wildman–Crippen LogP) is 0.652. The lowest BCUT2D eigenvalue weighted by molar-refractivity contribution is -0.144. The number of ether oxygens (including phenoxy) is 2. The van der Waals surface area contributed by atoms with E-state index in [2.05, 4.69) is 10.1 Å². The van der Waals surface area contributed by atoms with Crippen LogP contribution in [0.1, 0.15) is 22.8 Å². The van der Waals surface area contributed by atoms with Crippen LogP contribution in [-0.2, 0) is 25.6 Å². The second kappa shape index (κ2) is 7.15. The van der Waals surface area contributed by atoms with Gasteiger partial charge in [0.2, 0.25) is 5.91 Å². The van der Waals surface area contributed by atoms with Crippen LogP contribution in [0.5, 0.6) is 0 Å². The number of nitrogens with one attached hydrogen (secondary N) is 1. The van der Waals surface area contributed by atoms with Crippen molar-refractivity contribution in [2.75, 3.05) is 13.7 Å². The van der Waals surface area contributed by atoms with E-state index >= 15 is 0 Å². The Labute approximate surface area is 110 Å². The molecule has 0 spiro atoms. The highest BCUT2D eigenvalue weighted by atomic mass is 16.6. The molecule has 0 unspecified atom stereocenters. The van der Waals surface area contributed by atoms with E-state index in [1.807, 2.05) is 0 Å². The van der Waals surface area contributed by atoms with Crippen LogP contribution < -0.4 is 5.32 Å². The maximum Gasteiger partial charge on any atom is 0.344 e. The monoisotopic (exact) mass is 265 g/mol. The number of benzene rings is 1. The van der Waals surface area contributed by atoms with E-state index in [0.717, 1.165) is 5.56 Å². The van der Waals surface area contributed by atoms with Crippen LogP contribution in [0.2, 0.25) is 0 Å². The third kappa shape index (κ3) is 5.20. The third-order valence-electron chi connectivity index (χ3n) is 2.28. The second-order valence-electron chi connectivity index (χ2n) is 3.76. The predicted molar refractivity (Wildman–Crippen MR) is 66.3 cm³/mol. The Balaban J connectivity index is 2.53. The molecular formula is C13H15NO5. The molecule has 19 heavy (non-hydrogen) atoms. The second-order valence-corrected chi connectivity index (χ2v) is 3.76. The average Bonchev–Trinajstić information content (AvgIpc) is 2.42. The van der Waals surface area contributed by atoms with Gasteiger partial charge in [0.05, 0.1) is 12.7 Å². The molecule has 102 valence electrons. The summed E-state index contributed by atoms with van der Waals surface area (Å²) in [4.78, 5) is 33.1. The van der Waals surface area contributed by atoms with Gasteiger partial charge in [0.25, 0.3) is 0 Å². The van der Waals surface area contributed by atoms with Crippen molar-refractivity contribution in [1.29, 1.82) is 0 Å². The van der Waals surface area contributed by atoms with Crippen LogP contribution in [0.4, 0.5) is 0 Å². The van der Waals surface area contributed by atoms with E-state index in [1.54, 1.807) is 24.3 Å². The molecule has 1 aromatic rings. The van der Waals surface area contributed by atoms with E-state index in [0.29, 0.717) is 12.1 Å². The summed E-state index contributed by atoms with van der Waals surface area (Å²) in [5.74, 6) is -1.34. The number of carbonyl (C=O) groups excluding carboxylic acids is 3. The lowest BCUT2D eigenvalue weighted by Crippen LogP contribution is -2.19. The number of esters is 2.